The van der Waals surface area contributed by atoms with Crippen LogP contribution in [0.3, 0.4) is 0 Å². The van der Waals surface area contributed by atoms with E-state index in [4.69, 9.17) is 0 Å². The summed E-state index contributed by atoms with van der Waals surface area (Å²) in [7, 11) is 0. The molecule has 0 fully saturated rings. The Morgan fingerprint density at radius 1 is 0.300 bits per heavy atom. The van der Waals surface area contributed by atoms with Crippen molar-refractivity contribution in [2.24, 2.45) is 0 Å². The van der Waals surface area contributed by atoms with Crippen LogP contribution in [0.25, 0.3) is 0 Å². The van der Waals surface area contributed by atoms with E-state index in [0.717, 1.165) is 0 Å². The molecule has 0 N–H and O–H groups in total. The Morgan fingerprint density at radius 2 is 0.400 bits per heavy atom. The summed E-state index contributed by atoms with van der Waals surface area (Å²) in [6.07, 6.45) is 28.0. The van der Waals surface area contributed by atoms with E-state index >= 15 is 0 Å². The standard InChI is InChI=1S/2C8H12.2ClH.2Ir/c2*1-2-4-6-8-7-5-3-1;;;;/h2*1-2,7-8H,3-6H2;2*1H;;/b2*2-1-,8-7-;;;;. The average molecular weight is 674 g/mol. The smallest absolute Gasteiger partial charge is 0 e. The van der Waals surface area contributed by atoms with Crippen molar-refractivity contribution in [3.63, 3.8) is 0 Å². The molecule has 0 atom stereocenters. The van der Waals surface area contributed by atoms with E-state index in [0.29, 0.717) is 0 Å². The number of halogens is 2. The minimum Gasteiger partial charge on any atom is -0.147 e. The van der Waals surface area contributed by atoms with Crippen molar-refractivity contribution in [3.05, 3.63) is 48.6 Å². The van der Waals surface area contributed by atoms with Crippen molar-refractivity contribution >= 4 is 24.8 Å². The molecule has 0 bridgehead atoms. The summed E-state index contributed by atoms with van der Waals surface area (Å²) in [5.74, 6) is 0. The fraction of sp³-hybridized carbons (Fsp3) is 0.500. The Balaban J connectivity index is -0.000000107. The van der Waals surface area contributed by atoms with E-state index in [1.54, 1.807) is 0 Å². The molecular weight excluding hydrogens is 648 g/mol. The SMILES string of the molecule is C1=C\CC/C=C\CC/1.C1=C\CC/C=C\CC/1.Cl.Cl.[Ir].[Ir]. The third-order valence-corrected chi connectivity index (χ3v) is 2.67. The number of hydrogen-bond donors (Lipinski definition) is 0. The van der Waals surface area contributed by atoms with Crippen molar-refractivity contribution in [1.82, 2.24) is 0 Å². The molecule has 122 valence electrons. The van der Waals surface area contributed by atoms with Crippen molar-refractivity contribution in [2.45, 2.75) is 51.4 Å². The Labute approximate surface area is 164 Å². The van der Waals surface area contributed by atoms with Crippen LogP contribution in [0.15, 0.2) is 48.6 Å². The number of rotatable bonds is 0. The Morgan fingerprint density at radius 3 is 0.500 bits per heavy atom. The first kappa shape index (κ1) is 28.9. The van der Waals surface area contributed by atoms with Crippen LogP contribution in [-0.4, -0.2) is 0 Å². The maximum atomic E-state index is 2.27. The molecule has 0 aromatic rings. The van der Waals surface area contributed by atoms with Crippen molar-refractivity contribution in [1.29, 1.82) is 0 Å². The predicted molar refractivity (Wildman–Crippen MR) is 88.0 cm³/mol. The average Bonchev–Trinajstić information content (AvgIpc) is 2.15. The maximum absolute atomic E-state index is 2.27. The van der Waals surface area contributed by atoms with Crippen LogP contribution in [0.5, 0.6) is 0 Å². The molecule has 0 amide bonds. The van der Waals surface area contributed by atoms with Crippen LogP contribution >= 0.6 is 24.8 Å². The Hall–Kier alpha value is 0.839. The van der Waals surface area contributed by atoms with Gasteiger partial charge in [0.25, 0.3) is 0 Å². The molecule has 4 heteroatoms. The molecule has 0 aliphatic heterocycles. The van der Waals surface area contributed by atoms with Gasteiger partial charge in [-0.25, -0.2) is 0 Å². The van der Waals surface area contributed by atoms with Gasteiger partial charge in [-0.05, 0) is 51.4 Å². The van der Waals surface area contributed by atoms with E-state index < -0.39 is 0 Å². The van der Waals surface area contributed by atoms with E-state index in [9.17, 15) is 0 Å². The zero-order chi connectivity index (χ0) is 11.3. The second-order valence-corrected chi connectivity index (χ2v) is 4.20. The summed E-state index contributed by atoms with van der Waals surface area (Å²) in [4.78, 5) is 0. The quantitative estimate of drug-likeness (QED) is 0.270. The maximum Gasteiger partial charge on any atom is 0 e. The summed E-state index contributed by atoms with van der Waals surface area (Å²) in [6.45, 7) is 0. The topological polar surface area (TPSA) is 0 Å². The summed E-state index contributed by atoms with van der Waals surface area (Å²) >= 11 is 0. The zero-order valence-electron chi connectivity index (χ0n) is 11.8. The van der Waals surface area contributed by atoms with Gasteiger partial charge in [0.1, 0.15) is 0 Å². The molecule has 0 saturated carbocycles. The van der Waals surface area contributed by atoms with Gasteiger partial charge in [-0.1, -0.05) is 48.6 Å². The van der Waals surface area contributed by atoms with Crippen LogP contribution in [0.4, 0.5) is 0 Å². The van der Waals surface area contributed by atoms with Gasteiger partial charge in [0.2, 0.25) is 0 Å². The Bertz CT molecular complexity index is 192. The van der Waals surface area contributed by atoms with Gasteiger partial charge in [-0.3, -0.25) is 0 Å². The molecule has 20 heavy (non-hydrogen) atoms. The summed E-state index contributed by atoms with van der Waals surface area (Å²) < 4.78 is 0. The van der Waals surface area contributed by atoms with Gasteiger partial charge in [-0.2, -0.15) is 0 Å². The second kappa shape index (κ2) is 24.8. The van der Waals surface area contributed by atoms with Crippen LogP contribution in [0.1, 0.15) is 51.4 Å². The fourth-order valence-corrected chi connectivity index (χ4v) is 1.71. The molecule has 0 spiro atoms. The van der Waals surface area contributed by atoms with Gasteiger partial charge in [0.15, 0.2) is 0 Å². The molecule has 0 unspecified atom stereocenters. The normalized spacial score (nSPS) is 22.4. The monoisotopic (exact) mass is 674 g/mol. The van der Waals surface area contributed by atoms with Crippen LogP contribution in [-0.2, 0) is 40.2 Å². The minimum absolute atomic E-state index is 0. The van der Waals surface area contributed by atoms with Gasteiger partial charge in [0.05, 0.1) is 0 Å². The molecule has 0 heterocycles. The summed E-state index contributed by atoms with van der Waals surface area (Å²) in [6, 6.07) is 0. The van der Waals surface area contributed by atoms with Gasteiger partial charge >= 0.3 is 0 Å². The third kappa shape index (κ3) is 21.1. The Kier molecular flexibility index (Phi) is 35.9. The van der Waals surface area contributed by atoms with Crippen molar-refractivity contribution in [3.8, 4) is 0 Å². The fourth-order valence-electron chi connectivity index (χ4n) is 1.71. The molecule has 0 nitrogen and oxygen atoms in total. The van der Waals surface area contributed by atoms with E-state index in [2.05, 4.69) is 48.6 Å². The first-order valence-corrected chi connectivity index (χ1v) is 6.60. The largest absolute Gasteiger partial charge is 0.147 e. The molecule has 2 aliphatic rings. The minimum atomic E-state index is 0. The van der Waals surface area contributed by atoms with E-state index in [1.165, 1.54) is 51.4 Å². The van der Waals surface area contributed by atoms with Crippen LogP contribution < -0.4 is 0 Å². The predicted octanol–water partition coefficient (Wildman–Crippen LogP) is 6.18. The number of allylic oxidation sites excluding steroid dienone is 8. The first-order valence-electron chi connectivity index (χ1n) is 6.60. The van der Waals surface area contributed by atoms with E-state index in [-0.39, 0.29) is 65.0 Å². The van der Waals surface area contributed by atoms with E-state index in [1.807, 2.05) is 0 Å². The van der Waals surface area contributed by atoms with Gasteiger partial charge in [-0.15, -0.1) is 24.8 Å². The van der Waals surface area contributed by atoms with Crippen molar-refractivity contribution < 1.29 is 40.2 Å². The van der Waals surface area contributed by atoms with Gasteiger partial charge in [0, 0.05) is 40.2 Å². The molecule has 0 aromatic heterocycles. The molecule has 2 radical (unpaired) electrons. The third-order valence-electron chi connectivity index (χ3n) is 2.67. The van der Waals surface area contributed by atoms with Crippen molar-refractivity contribution in [2.75, 3.05) is 0 Å². The molecular formula is C16H26Cl2Ir2. The summed E-state index contributed by atoms with van der Waals surface area (Å²) in [5, 5.41) is 0. The second-order valence-electron chi connectivity index (χ2n) is 4.20. The zero-order valence-corrected chi connectivity index (χ0v) is 18.2. The number of hydrogen-bond acceptors (Lipinski definition) is 0. The summed E-state index contributed by atoms with van der Waals surface area (Å²) in [5.41, 5.74) is 0. The van der Waals surface area contributed by atoms with Crippen LogP contribution in [0.2, 0.25) is 0 Å². The first-order chi connectivity index (χ1) is 8.00. The van der Waals surface area contributed by atoms with Crippen LogP contribution in [0, 0.1) is 0 Å². The molecule has 2 aliphatic carbocycles. The molecule has 0 aromatic carbocycles. The molecule has 2 rings (SSSR count). The van der Waals surface area contributed by atoms with Gasteiger partial charge < -0.3 is 0 Å². The molecule has 0 saturated heterocycles.